The second-order valence-corrected chi connectivity index (χ2v) is 7.41. The first-order valence-electron chi connectivity index (χ1n) is 6.65. The number of nitrogens with one attached hydrogen (secondary N) is 2. The topological polar surface area (TPSA) is 93.1 Å². The summed E-state index contributed by atoms with van der Waals surface area (Å²) in [4.78, 5) is 12.0. The van der Waals surface area contributed by atoms with E-state index in [4.69, 9.17) is 11.6 Å². The van der Waals surface area contributed by atoms with Gasteiger partial charge < -0.3 is 5.32 Å². The summed E-state index contributed by atoms with van der Waals surface area (Å²) >= 11 is 6.02. The summed E-state index contributed by atoms with van der Waals surface area (Å²) in [6.07, 6.45) is 3.18. The normalized spacial score (nSPS) is 11.9. The van der Waals surface area contributed by atoms with Crippen LogP contribution in [0.4, 0.5) is 5.69 Å². The molecule has 0 aliphatic rings. The predicted molar refractivity (Wildman–Crippen MR) is 84.3 cm³/mol. The Bertz CT molecular complexity index is 628. The van der Waals surface area contributed by atoms with Gasteiger partial charge in [0.25, 0.3) is 5.56 Å². The Kier molecular flexibility index (Phi) is 6.63. The van der Waals surface area contributed by atoms with Crippen LogP contribution >= 0.6 is 11.6 Å². The van der Waals surface area contributed by atoms with Gasteiger partial charge in [0.15, 0.2) is 0 Å². The van der Waals surface area contributed by atoms with Crippen molar-refractivity contribution in [3.8, 4) is 0 Å². The van der Waals surface area contributed by atoms with E-state index < -0.39 is 10.0 Å². The minimum Gasteiger partial charge on any atom is -0.382 e. The average Bonchev–Trinajstić information content (AvgIpc) is 2.35. The van der Waals surface area contributed by atoms with Crippen molar-refractivity contribution in [1.29, 1.82) is 0 Å². The Labute approximate surface area is 129 Å². The zero-order valence-corrected chi connectivity index (χ0v) is 14.0. The molecule has 0 radical (unpaired) electrons. The highest BCUT2D eigenvalue weighted by molar-refractivity contribution is 7.88. The summed E-state index contributed by atoms with van der Waals surface area (Å²) in [5.74, 6) is 0.298. The van der Waals surface area contributed by atoms with Gasteiger partial charge in [0.2, 0.25) is 10.0 Å². The van der Waals surface area contributed by atoms with Crippen LogP contribution in [0.3, 0.4) is 0 Å². The van der Waals surface area contributed by atoms with Gasteiger partial charge in [0.1, 0.15) is 5.02 Å². The lowest BCUT2D eigenvalue weighted by Crippen LogP contribution is -2.27. The van der Waals surface area contributed by atoms with E-state index in [0.29, 0.717) is 37.7 Å². The number of nitrogens with zero attached hydrogens (tertiary/aromatic N) is 2. The van der Waals surface area contributed by atoms with Crippen LogP contribution in [0.15, 0.2) is 11.0 Å². The van der Waals surface area contributed by atoms with Gasteiger partial charge in [-0.3, -0.25) is 4.79 Å². The van der Waals surface area contributed by atoms with Crippen LogP contribution in [0.2, 0.25) is 5.02 Å². The van der Waals surface area contributed by atoms with E-state index >= 15 is 0 Å². The second kappa shape index (κ2) is 7.77. The third-order valence-electron chi connectivity index (χ3n) is 2.56. The summed E-state index contributed by atoms with van der Waals surface area (Å²) in [5, 5.41) is 7.14. The summed E-state index contributed by atoms with van der Waals surface area (Å²) in [6.45, 7) is 5.29. The maximum atomic E-state index is 12.0. The first kappa shape index (κ1) is 17.9. The lowest BCUT2D eigenvalue weighted by atomic mass is 10.2. The fourth-order valence-electron chi connectivity index (χ4n) is 1.63. The lowest BCUT2D eigenvalue weighted by Gasteiger charge is -2.11. The van der Waals surface area contributed by atoms with Crippen LogP contribution in [0.5, 0.6) is 0 Å². The van der Waals surface area contributed by atoms with E-state index in [2.05, 4.69) is 15.1 Å². The fourth-order valence-corrected chi connectivity index (χ4v) is 2.36. The summed E-state index contributed by atoms with van der Waals surface area (Å²) in [7, 11) is -3.17. The number of rotatable bonds is 8. The largest absolute Gasteiger partial charge is 0.382 e. The van der Waals surface area contributed by atoms with E-state index in [1.807, 2.05) is 13.8 Å². The quantitative estimate of drug-likeness (QED) is 0.688. The molecule has 1 rings (SSSR count). The Balaban J connectivity index is 2.57. The standard InChI is InChI=1S/C12H21ClN4O3S/c1-9(2)8-17-12(18)11(13)10(7-15-17)14-5-4-6-16-21(3,19)20/h7,9,14,16H,4-6,8H2,1-3H3. The Hall–Kier alpha value is -1.12. The number of hydrogen-bond acceptors (Lipinski definition) is 5. The van der Waals surface area contributed by atoms with Crippen LogP contribution in [0.25, 0.3) is 0 Å². The molecule has 0 bridgehead atoms. The van der Waals surface area contributed by atoms with E-state index in [9.17, 15) is 13.2 Å². The molecule has 1 aromatic rings. The van der Waals surface area contributed by atoms with Gasteiger partial charge in [-0.15, -0.1) is 0 Å². The predicted octanol–water partition coefficient (Wildman–Crippen LogP) is 0.904. The third-order valence-corrected chi connectivity index (χ3v) is 3.65. The van der Waals surface area contributed by atoms with Gasteiger partial charge in [-0.2, -0.15) is 5.10 Å². The molecule has 1 heterocycles. The third kappa shape index (κ3) is 6.45. The van der Waals surface area contributed by atoms with Gasteiger partial charge in [0.05, 0.1) is 18.1 Å². The van der Waals surface area contributed by atoms with Crippen molar-refractivity contribution in [1.82, 2.24) is 14.5 Å². The van der Waals surface area contributed by atoms with E-state index in [0.717, 1.165) is 6.26 Å². The number of sulfonamides is 1. The van der Waals surface area contributed by atoms with Crippen LogP contribution < -0.4 is 15.6 Å². The zero-order valence-electron chi connectivity index (χ0n) is 12.4. The molecule has 2 N–H and O–H groups in total. The van der Waals surface area contributed by atoms with E-state index in [-0.39, 0.29) is 10.6 Å². The fraction of sp³-hybridized carbons (Fsp3) is 0.667. The molecular weight excluding hydrogens is 316 g/mol. The van der Waals surface area contributed by atoms with Gasteiger partial charge in [-0.1, -0.05) is 25.4 Å². The minimum absolute atomic E-state index is 0.0988. The Morgan fingerprint density at radius 2 is 2.05 bits per heavy atom. The van der Waals surface area contributed by atoms with Gasteiger partial charge in [-0.05, 0) is 12.3 Å². The maximum Gasteiger partial charge on any atom is 0.287 e. The molecule has 0 fully saturated rings. The molecule has 0 saturated carbocycles. The summed E-state index contributed by atoms with van der Waals surface area (Å²) in [6, 6.07) is 0. The Morgan fingerprint density at radius 3 is 2.62 bits per heavy atom. The van der Waals surface area contributed by atoms with Crippen molar-refractivity contribution in [2.75, 3.05) is 24.7 Å². The zero-order chi connectivity index (χ0) is 16.0. The van der Waals surface area contributed by atoms with Gasteiger partial charge in [0, 0.05) is 19.6 Å². The molecule has 0 saturated heterocycles. The maximum absolute atomic E-state index is 12.0. The lowest BCUT2D eigenvalue weighted by molar-refractivity contribution is 0.464. The number of anilines is 1. The number of hydrogen-bond donors (Lipinski definition) is 2. The molecule has 0 aliphatic heterocycles. The first-order valence-corrected chi connectivity index (χ1v) is 8.91. The van der Waals surface area contributed by atoms with Crippen LogP contribution in [0, 0.1) is 5.92 Å². The van der Waals surface area contributed by atoms with Crippen molar-refractivity contribution in [2.45, 2.75) is 26.8 Å². The van der Waals surface area contributed by atoms with Crippen molar-refractivity contribution in [3.05, 3.63) is 21.6 Å². The molecule has 1 aromatic heterocycles. The molecule has 0 atom stereocenters. The molecule has 9 heteroatoms. The van der Waals surface area contributed by atoms with Crippen LogP contribution in [0.1, 0.15) is 20.3 Å². The van der Waals surface area contributed by atoms with Crippen LogP contribution in [-0.2, 0) is 16.6 Å². The van der Waals surface area contributed by atoms with Crippen molar-refractivity contribution < 1.29 is 8.42 Å². The number of aromatic nitrogens is 2. The molecule has 0 aliphatic carbocycles. The highest BCUT2D eigenvalue weighted by Crippen LogP contribution is 2.15. The van der Waals surface area contributed by atoms with Crippen molar-refractivity contribution in [3.63, 3.8) is 0 Å². The summed E-state index contributed by atoms with van der Waals surface area (Å²) < 4.78 is 25.5. The highest BCUT2D eigenvalue weighted by Gasteiger charge is 2.09. The Morgan fingerprint density at radius 1 is 1.38 bits per heavy atom. The first-order chi connectivity index (χ1) is 9.70. The highest BCUT2D eigenvalue weighted by atomic mass is 35.5. The average molecular weight is 337 g/mol. The molecule has 0 spiro atoms. The minimum atomic E-state index is -3.17. The molecule has 7 nitrogen and oxygen atoms in total. The second-order valence-electron chi connectivity index (χ2n) is 5.20. The molecule has 0 aromatic carbocycles. The SMILES string of the molecule is CC(C)Cn1ncc(NCCCNS(C)(=O)=O)c(Cl)c1=O. The van der Waals surface area contributed by atoms with Crippen LogP contribution in [-0.4, -0.2) is 37.5 Å². The molecule has 0 unspecified atom stereocenters. The molecule has 120 valence electrons. The molecule has 0 amide bonds. The van der Waals surface area contributed by atoms with E-state index in [1.54, 1.807) is 0 Å². The van der Waals surface area contributed by atoms with Crippen molar-refractivity contribution in [2.24, 2.45) is 5.92 Å². The molecular formula is C12H21ClN4O3S. The van der Waals surface area contributed by atoms with Gasteiger partial charge >= 0.3 is 0 Å². The smallest absolute Gasteiger partial charge is 0.287 e. The monoisotopic (exact) mass is 336 g/mol. The number of halogens is 1. The summed E-state index contributed by atoms with van der Waals surface area (Å²) in [5.41, 5.74) is 0.130. The van der Waals surface area contributed by atoms with Gasteiger partial charge in [-0.25, -0.2) is 17.8 Å². The van der Waals surface area contributed by atoms with E-state index in [1.165, 1.54) is 10.9 Å². The van der Waals surface area contributed by atoms with Crippen molar-refractivity contribution >= 4 is 27.3 Å². The molecule has 21 heavy (non-hydrogen) atoms.